The van der Waals surface area contributed by atoms with Gasteiger partial charge in [0, 0.05) is 11.8 Å². The summed E-state index contributed by atoms with van der Waals surface area (Å²) in [5.74, 6) is -0.141. The van der Waals surface area contributed by atoms with E-state index in [-0.39, 0.29) is 17.6 Å². The fourth-order valence-electron chi connectivity index (χ4n) is 1.21. The quantitative estimate of drug-likeness (QED) is 0.350. The van der Waals surface area contributed by atoms with Crippen LogP contribution >= 0.6 is 11.8 Å². The van der Waals surface area contributed by atoms with Crippen LogP contribution in [0.1, 0.15) is 6.92 Å². The highest BCUT2D eigenvalue weighted by Crippen LogP contribution is 2.30. The van der Waals surface area contributed by atoms with Crippen molar-refractivity contribution in [2.45, 2.75) is 11.8 Å². The maximum atomic E-state index is 11.2. The molecule has 0 aliphatic carbocycles. The van der Waals surface area contributed by atoms with Gasteiger partial charge in [0.2, 0.25) is 0 Å². The van der Waals surface area contributed by atoms with Crippen LogP contribution in [0.4, 0.5) is 5.69 Å². The van der Waals surface area contributed by atoms with Gasteiger partial charge in [0.05, 0.1) is 22.8 Å². The first-order chi connectivity index (χ1) is 8.06. The molecule has 1 unspecified atom stereocenters. The lowest BCUT2D eigenvalue weighted by Gasteiger charge is -2.08. The number of nitrogens with zero attached hydrogens (tertiary/aromatic N) is 1. The van der Waals surface area contributed by atoms with Gasteiger partial charge in [-0.05, 0) is 6.07 Å². The van der Waals surface area contributed by atoms with E-state index in [9.17, 15) is 14.9 Å². The zero-order chi connectivity index (χ0) is 12.8. The van der Waals surface area contributed by atoms with Gasteiger partial charge in [-0.25, -0.2) is 0 Å². The highest BCUT2D eigenvalue weighted by molar-refractivity contribution is 7.99. The minimum absolute atomic E-state index is 0.0644. The standard InChI is InChI=1S/C11H13NO4S/c1-8(11(13)16-2)7-17-10-6-4-3-5-9(10)12(14)15/h3-6,8H,7H2,1-2H3. The van der Waals surface area contributed by atoms with Crippen molar-refractivity contribution < 1.29 is 14.5 Å². The predicted molar refractivity (Wildman–Crippen MR) is 65.0 cm³/mol. The summed E-state index contributed by atoms with van der Waals surface area (Å²) in [6.45, 7) is 1.73. The van der Waals surface area contributed by atoms with Crippen LogP contribution in [-0.4, -0.2) is 23.8 Å². The number of esters is 1. The van der Waals surface area contributed by atoms with E-state index in [2.05, 4.69) is 4.74 Å². The number of carbonyl (C=O) groups excluding carboxylic acids is 1. The molecule has 92 valence electrons. The lowest BCUT2D eigenvalue weighted by molar-refractivity contribution is -0.387. The first-order valence-corrected chi connectivity index (χ1v) is 5.99. The third kappa shape index (κ3) is 3.74. The van der Waals surface area contributed by atoms with Crippen molar-refractivity contribution in [2.24, 2.45) is 5.92 Å². The Labute approximate surface area is 103 Å². The highest BCUT2D eigenvalue weighted by atomic mass is 32.2. The number of nitro groups is 1. The van der Waals surface area contributed by atoms with Gasteiger partial charge in [0.1, 0.15) is 0 Å². The third-order valence-electron chi connectivity index (χ3n) is 2.15. The second kappa shape index (κ2) is 6.24. The first-order valence-electron chi connectivity index (χ1n) is 5.00. The molecule has 0 fully saturated rings. The van der Waals surface area contributed by atoms with E-state index < -0.39 is 4.92 Å². The van der Waals surface area contributed by atoms with Crippen molar-refractivity contribution in [3.63, 3.8) is 0 Å². The Morgan fingerprint density at radius 3 is 2.76 bits per heavy atom. The summed E-state index contributed by atoms with van der Waals surface area (Å²) in [5, 5.41) is 10.8. The van der Waals surface area contributed by atoms with Crippen molar-refractivity contribution in [1.29, 1.82) is 0 Å². The molecule has 0 saturated carbocycles. The molecular weight excluding hydrogens is 242 g/mol. The van der Waals surface area contributed by atoms with Crippen LogP contribution in [0.15, 0.2) is 29.2 Å². The van der Waals surface area contributed by atoms with E-state index in [0.717, 1.165) is 0 Å². The number of hydrogen-bond acceptors (Lipinski definition) is 5. The molecule has 1 rings (SSSR count). The highest BCUT2D eigenvalue weighted by Gasteiger charge is 2.17. The number of benzene rings is 1. The van der Waals surface area contributed by atoms with E-state index in [1.165, 1.54) is 24.9 Å². The zero-order valence-electron chi connectivity index (χ0n) is 9.58. The number of ether oxygens (including phenoxy) is 1. The molecule has 0 radical (unpaired) electrons. The van der Waals surface area contributed by atoms with E-state index in [4.69, 9.17) is 0 Å². The fraction of sp³-hybridized carbons (Fsp3) is 0.364. The van der Waals surface area contributed by atoms with Gasteiger partial charge in [0.15, 0.2) is 0 Å². The van der Waals surface area contributed by atoms with Gasteiger partial charge in [-0.1, -0.05) is 19.1 Å². The molecule has 1 aromatic carbocycles. The van der Waals surface area contributed by atoms with Crippen molar-refractivity contribution in [2.75, 3.05) is 12.9 Å². The van der Waals surface area contributed by atoms with Crippen LogP contribution in [-0.2, 0) is 9.53 Å². The number of methoxy groups -OCH3 is 1. The Hall–Kier alpha value is -1.56. The van der Waals surface area contributed by atoms with E-state index in [1.54, 1.807) is 25.1 Å². The topological polar surface area (TPSA) is 69.4 Å². The zero-order valence-corrected chi connectivity index (χ0v) is 10.4. The molecule has 0 aliphatic rings. The molecule has 0 spiro atoms. The molecule has 0 saturated heterocycles. The normalized spacial score (nSPS) is 11.9. The average Bonchev–Trinajstić information content (AvgIpc) is 2.35. The summed E-state index contributed by atoms with van der Waals surface area (Å²) in [6, 6.07) is 6.47. The molecule has 0 bridgehead atoms. The largest absolute Gasteiger partial charge is 0.469 e. The molecular formula is C11H13NO4S. The Morgan fingerprint density at radius 2 is 2.18 bits per heavy atom. The lowest BCUT2D eigenvalue weighted by Crippen LogP contribution is -2.14. The van der Waals surface area contributed by atoms with Crippen LogP contribution in [0, 0.1) is 16.0 Å². The van der Waals surface area contributed by atoms with Gasteiger partial charge in [0.25, 0.3) is 5.69 Å². The number of carbonyl (C=O) groups is 1. The Morgan fingerprint density at radius 1 is 1.53 bits per heavy atom. The summed E-state index contributed by atoms with van der Waals surface area (Å²) < 4.78 is 4.59. The van der Waals surface area contributed by atoms with Gasteiger partial charge >= 0.3 is 5.97 Å². The smallest absolute Gasteiger partial charge is 0.309 e. The summed E-state index contributed by atoms with van der Waals surface area (Å²) in [4.78, 5) is 22.1. The average molecular weight is 255 g/mol. The molecule has 0 heterocycles. The van der Waals surface area contributed by atoms with E-state index in [1.807, 2.05) is 0 Å². The second-order valence-electron chi connectivity index (χ2n) is 3.46. The van der Waals surface area contributed by atoms with Gasteiger partial charge in [-0.15, -0.1) is 11.8 Å². The van der Waals surface area contributed by atoms with Crippen molar-refractivity contribution in [3.05, 3.63) is 34.4 Å². The molecule has 17 heavy (non-hydrogen) atoms. The van der Waals surface area contributed by atoms with Crippen molar-refractivity contribution >= 4 is 23.4 Å². The monoisotopic (exact) mass is 255 g/mol. The van der Waals surface area contributed by atoms with Crippen LogP contribution in [0.2, 0.25) is 0 Å². The van der Waals surface area contributed by atoms with Gasteiger partial charge in [-0.3, -0.25) is 14.9 Å². The molecule has 6 heteroatoms. The maximum Gasteiger partial charge on any atom is 0.309 e. The molecule has 0 N–H and O–H groups in total. The molecule has 0 aromatic heterocycles. The van der Waals surface area contributed by atoms with Crippen molar-refractivity contribution in [1.82, 2.24) is 0 Å². The number of thioether (sulfide) groups is 1. The molecule has 0 amide bonds. The summed E-state index contributed by atoms with van der Waals surface area (Å²) in [5.41, 5.74) is 0.0644. The van der Waals surface area contributed by atoms with Gasteiger partial charge in [-0.2, -0.15) is 0 Å². The molecule has 1 aromatic rings. The van der Waals surface area contributed by atoms with Crippen LogP contribution in [0.5, 0.6) is 0 Å². The Balaban J connectivity index is 2.69. The van der Waals surface area contributed by atoms with E-state index in [0.29, 0.717) is 10.6 Å². The second-order valence-corrected chi connectivity index (χ2v) is 4.52. The first kappa shape index (κ1) is 13.5. The third-order valence-corrected chi connectivity index (χ3v) is 3.48. The van der Waals surface area contributed by atoms with E-state index >= 15 is 0 Å². The number of rotatable bonds is 5. The minimum Gasteiger partial charge on any atom is -0.469 e. The van der Waals surface area contributed by atoms with Crippen LogP contribution < -0.4 is 0 Å². The summed E-state index contributed by atoms with van der Waals surface area (Å²) >= 11 is 1.28. The number of nitro benzene ring substituents is 1. The summed E-state index contributed by atoms with van der Waals surface area (Å²) in [6.07, 6.45) is 0. The van der Waals surface area contributed by atoms with Crippen molar-refractivity contribution in [3.8, 4) is 0 Å². The van der Waals surface area contributed by atoms with Gasteiger partial charge < -0.3 is 4.74 Å². The Bertz CT molecular complexity index is 422. The molecule has 1 atom stereocenters. The van der Waals surface area contributed by atoms with Crippen LogP contribution in [0.25, 0.3) is 0 Å². The molecule has 5 nitrogen and oxygen atoms in total. The fourth-order valence-corrected chi connectivity index (χ4v) is 2.24. The maximum absolute atomic E-state index is 11.2. The molecule has 0 aliphatic heterocycles. The Kier molecular flexibility index (Phi) is 4.96. The SMILES string of the molecule is COC(=O)C(C)CSc1ccccc1[N+](=O)[O-]. The lowest BCUT2D eigenvalue weighted by atomic mass is 10.2. The number of hydrogen-bond donors (Lipinski definition) is 0. The van der Waals surface area contributed by atoms with Crippen LogP contribution in [0.3, 0.4) is 0 Å². The summed E-state index contributed by atoms with van der Waals surface area (Å²) in [7, 11) is 1.33. The number of para-hydroxylation sites is 1. The minimum atomic E-state index is -0.425. The predicted octanol–water partition coefficient (Wildman–Crippen LogP) is 2.50.